The van der Waals surface area contributed by atoms with Crippen molar-refractivity contribution in [2.45, 2.75) is 38.1 Å². The summed E-state index contributed by atoms with van der Waals surface area (Å²) in [6, 6.07) is 6.63. The Bertz CT molecular complexity index is 801. The molecule has 1 N–H and O–H groups in total. The summed E-state index contributed by atoms with van der Waals surface area (Å²) in [5.74, 6) is 2.59. The minimum Gasteiger partial charge on any atom is -0.486 e. The highest BCUT2D eigenvalue weighted by molar-refractivity contribution is 5.64. The number of hydrogen-bond donors (Lipinski definition) is 1. The molecule has 27 heavy (non-hydrogen) atoms. The number of ether oxygens (including phenoxy) is 4. The smallest absolute Gasteiger partial charge is 0.162 e. The van der Waals surface area contributed by atoms with Crippen LogP contribution in [0.3, 0.4) is 0 Å². The molecule has 7 heteroatoms. The summed E-state index contributed by atoms with van der Waals surface area (Å²) in [6.07, 6.45) is 4.22. The summed E-state index contributed by atoms with van der Waals surface area (Å²) >= 11 is 0. The van der Waals surface area contributed by atoms with Crippen molar-refractivity contribution in [3.8, 4) is 22.8 Å². The Hall–Kier alpha value is -2.09. The molecule has 0 radical (unpaired) electrons. The molecule has 3 aliphatic heterocycles. The predicted molar refractivity (Wildman–Crippen MR) is 99.1 cm³/mol. The molecule has 1 saturated heterocycles. The van der Waals surface area contributed by atoms with Crippen molar-refractivity contribution in [2.24, 2.45) is 0 Å². The van der Waals surface area contributed by atoms with Crippen LogP contribution in [0.2, 0.25) is 0 Å². The van der Waals surface area contributed by atoms with Crippen LogP contribution < -0.4 is 14.8 Å². The Morgan fingerprint density at radius 1 is 1.07 bits per heavy atom. The first-order chi connectivity index (χ1) is 13.4. The summed E-state index contributed by atoms with van der Waals surface area (Å²) in [6.45, 7) is 5.09. The lowest BCUT2D eigenvalue weighted by atomic mass is 10.1. The van der Waals surface area contributed by atoms with Crippen molar-refractivity contribution in [1.82, 2.24) is 14.9 Å². The zero-order valence-corrected chi connectivity index (χ0v) is 15.4. The zero-order chi connectivity index (χ0) is 18.1. The fourth-order valence-electron chi connectivity index (χ4n) is 3.94. The second kappa shape index (κ2) is 7.50. The number of nitrogens with zero attached hydrogens (tertiary/aromatic N) is 2. The molecule has 1 aromatic heterocycles. The van der Waals surface area contributed by atoms with E-state index in [0.717, 1.165) is 67.7 Å². The van der Waals surface area contributed by atoms with E-state index in [-0.39, 0.29) is 6.10 Å². The molecule has 1 atom stereocenters. The minimum absolute atomic E-state index is 0.144. The molecule has 1 aromatic carbocycles. The van der Waals surface area contributed by atoms with Gasteiger partial charge in [-0.1, -0.05) is 0 Å². The van der Waals surface area contributed by atoms with Crippen molar-refractivity contribution in [3.05, 3.63) is 30.2 Å². The molecule has 0 spiro atoms. The molecule has 144 valence electrons. The quantitative estimate of drug-likeness (QED) is 0.887. The van der Waals surface area contributed by atoms with Crippen LogP contribution in [-0.2, 0) is 22.6 Å². The summed E-state index contributed by atoms with van der Waals surface area (Å²) < 4.78 is 25.1. The molecule has 0 aliphatic carbocycles. The van der Waals surface area contributed by atoms with Gasteiger partial charge in [-0.2, -0.15) is 0 Å². The van der Waals surface area contributed by atoms with Crippen LogP contribution in [0.15, 0.2) is 24.4 Å². The number of rotatable bonds is 4. The standard InChI is InChI=1S/C20H25N3O4/c1-2-18-19(26-8-7-25-18)9-14(1)17-11-22-20-13-27-16(12-23(17)20)10-21-15-3-5-24-6-4-15/h1-2,9,11,15-16,21H,3-8,10,12-13H2/t16-/m0/s1. The fourth-order valence-corrected chi connectivity index (χ4v) is 3.94. The van der Waals surface area contributed by atoms with Gasteiger partial charge in [0, 0.05) is 31.4 Å². The maximum atomic E-state index is 6.01. The lowest BCUT2D eigenvalue weighted by molar-refractivity contribution is -0.00174. The van der Waals surface area contributed by atoms with E-state index < -0.39 is 0 Å². The summed E-state index contributed by atoms with van der Waals surface area (Å²) in [4.78, 5) is 4.56. The van der Waals surface area contributed by atoms with E-state index >= 15 is 0 Å². The molecule has 1 fully saturated rings. The van der Waals surface area contributed by atoms with E-state index in [4.69, 9.17) is 18.9 Å². The Morgan fingerprint density at radius 3 is 2.81 bits per heavy atom. The van der Waals surface area contributed by atoms with E-state index in [2.05, 4.69) is 20.9 Å². The van der Waals surface area contributed by atoms with Crippen LogP contribution in [0, 0.1) is 0 Å². The van der Waals surface area contributed by atoms with Crippen LogP contribution >= 0.6 is 0 Å². The van der Waals surface area contributed by atoms with Crippen molar-refractivity contribution in [2.75, 3.05) is 33.0 Å². The fraction of sp³-hybridized carbons (Fsp3) is 0.550. The molecule has 0 amide bonds. The van der Waals surface area contributed by atoms with Gasteiger partial charge in [0.2, 0.25) is 0 Å². The summed E-state index contributed by atoms with van der Waals surface area (Å²) in [5.41, 5.74) is 2.19. The highest BCUT2D eigenvalue weighted by atomic mass is 16.6. The Morgan fingerprint density at radius 2 is 1.93 bits per heavy atom. The first-order valence-corrected chi connectivity index (χ1v) is 9.74. The average Bonchev–Trinajstić information content (AvgIpc) is 3.16. The van der Waals surface area contributed by atoms with Crippen LogP contribution in [0.5, 0.6) is 11.5 Å². The number of fused-ring (bicyclic) bond motifs is 2. The second-order valence-corrected chi connectivity index (χ2v) is 7.26. The van der Waals surface area contributed by atoms with Gasteiger partial charge in [-0.05, 0) is 31.0 Å². The van der Waals surface area contributed by atoms with E-state index in [0.29, 0.717) is 25.9 Å². The van der Waals surface area contributed by atoms with Gasteiger partial charge < -0.3 is 28.8 Å². The normalized spacial score (nSPS) is 22.4. The zero-order valence-electron chi connectivity index (χ0n) is 15.4. The van der Waals surface area contributed by atoms with E-state index in [1.54, 1.807) is 0 Å². The molecular formula is C20H25N3O4. The van der Waals surface area contributed by atoms with Crippen LogP contribution in [0.1, 0.15) is 18.7 Å². The third-order valence-electron chi connectivity index (χ3n) is 5.47. The SMILES string of the molecule is c1cc2c(cc1-c1cnc3n1C[C@H](CNC1CCOCC1)OC3)OCCO2. The second-order valence-electron chi connectivity index (χ2n) is 7.26. The third kappa shape index (κ3) is 3.54. The lowest BCUT2D eigenvalue weighted by Gasteiger charge is -2.29. The van der Waals surface area contributed by atoms with E-state index in [1.165, 1.54) is 0 Å². The number of aromatic nitrogens is 2. The minimum atomic E-state index is 0.144. The molecule has 4 heterocycles. The van der Waals surface area contributed by atoms with Gasteiger partial charge in [0.25, 0.3) is 0 Å². The number of nitrogens with one attached hydrogen (secondary N) is 1. The van der Waals surface area contributed by atoms with Gasteiger partial charge in [-0.15, -0.1) is 0 Å². The molecule has 5 rings (SSSR count). The van der Waals surface area contributed by atoms with Crippen molar-refractivity contribution < 1.29 is 18.9 Å². The first kappa shape index (κ1) is 17.0. The van der Waals surface area contributed by atoms with Crippen LogP contribution in [0.25, 0.3) is 11.3 Å². The largest absolute Gasteiger partial charge is 0.486 e. The van der Waals surface area contributed by atoms with E-state index in [9.17, 15) is 0 Å². The Balaban J connectivity index is 1.31. The van der Waals surface area contributed by atoms with Gasteiger partial charge in [0.05, 0.1) is 24.5 Å². The Labute approximate surface area is 158 Å². The number of benzene rings is 1. The molecule has 2 aromatic rings. The van der Waals surface area contributed by atoms with Gasteiger partial charge in [0.1, 0.15) is 25.6 Å². The molecule has 0 saturated carbocycles. The summed E-state index contributed by atoms with van der Waals surface area (Å²) in [5, 5.41) is 3.64. The van der Waals surface area contributed by atoms with Gasteiger partial charge >= 0.3 is 0 Å². The van der Waals surface area contributed by atoms with Crippen molar-refractivity contribution in [1.29, 1.82) is 0 Å². The Kier molecular flexibility index (Phi) is 4.73. The average molecular weight is 371 g/mol. The topological polar surface area (TPSA) is 66.8 Å². The predicted octanol–water partition coefficient (Wildman–Crippen LogP) is 1.99. The van der Waals surface area contributed by atoms with Crippen LogP contribution in [-0.4, -0.2) is 54.7 Å². The molecule has 0 bridgehead atoms. The van der Waals surface area contributed by atoms with Crippen molar-refractivity contribution in [3.63, 3.8) is 0 Å². The van der Waals surface area contributed by atoms with Gasteiger partial charge in [-0.25, -0.2) is 4.98 Å². The van der Waals surface area contributed by atoms with Gasteiger partial charge in [-0.3, -0.25) is 0 Å². The number of imidazole rings is 1. The molecule has 0 unspecified atom stereocenters. The highest BCUT2D eigenvalue weighted by Crippen LogP contribution is 2.35. The maximum Gasteiger partial charge on any atom is 0.162 e. The van der Waals surface area contributed by atoms with Crippen LogP contribution in [0.4, 0.5) is 0 Å². The van der Waals surface area contributed by atoms with E-state index in [1.807, 2.05) is 18.3 Å². The number of hydrogen-bond acceptors (Lipinski definition) is 6. The molecule has 3 aliphatic rings. The highest BCUT2D eigenvalue weighted by Gasteiger charge is 2.24. The third-order valence-corrected chi connectivity index (χ3v) is 5.47. The monoisotopic (exact) mass is 371 g/mol. The first-order valence-electron chi connectivity index (χ1n) is 9.74. The summed E-state index contributed by atoms with van der Waals surface area (Å²) in [7, 11) is 0. The van der Waals surface area contributed by atoms with Gasteiger partial charge in [0.15, 0.2) is 11.5 Å². The maximum absolute atomic E-state index is 6.01. The molecule has 7 nitrogen and oxygen atoms in total. The molecular weight excluding hydrogens is 346 g/mol. The van der Waals surface area contributed by atoms with Crippen molar-refractivity contribution >= 4 is 0 Å². The lowest BCUT2D eigenvalue weighted by Crippen LogP contribution is -2.42.